The molecule has 1 aromatic heterocycles. The molecule has 0 atom stereocenters. The van der Waals surface area contributed by atoms with E-state index in [0.717, 1.165) is 5.56 Å². The van der Waals surface area contributed by atoms with Gasteiger partial charge in [-0.25, -0.2) is 4.98 Å². The van der Waals surface area contributed by atoms with Gasteiger partial charge in [0, 0.05) is 16.1 Å². The van der Waals surface area contributed by atoms with Gasteiger partial charge in [0.05, 0.1) is 22.6 Å². The molecule has 6 heteroatoms. The zero-order chi connectivity index (χ0) is 22.4. The number of hydrogen-bond donors (Lipinski definition) is 0. The first-order valence-corrected chi connectivity index (χ1v) is 11.1. The van der Waals surface area contributed by atoms with E-state index < -0.39 is 0 Å². The van der Waals surface area contributed by atoms with Gasteiger partial charge in [0.25, 0.3) is 0 Å². The number of ketones is 1. The number of aromatic nitrogens is 1. The van der Waals surface area contributed by atoms with Gasteiger partial charge in [-0.1, -0.05) is 67.5 Å². The second-order valence-electron chi connectivity index (χ2n) is 7.40. The highest BCUT2D eigenvalue weighted by atomic mass is 35.5. The Balaban J connectivity index is 2.06. The monoisotopic (exact) mass is 445 g/mol. The van der Waals surface area contributed by atoms with E-state index in [1.807, 2.05) is 44.2 Å². The molecule has 0 amide bonds. The van der Waals surface area contributed by atoms with E-state index in [1.54, 1.807) is 24.3 Å². The van der Waals surface area contributed by atoms with Crippen molar-refractivity contribution in [1.29, 1.82) is 10.5 Å². The summed E-state index contributed by atoms with van der Waals surface area (Å²) in [5, 5.41) is 20.8. The lowest BCUT2D eigenvalue weighted by atomic mass is 9.92. The van der Waals surface area contributed by atoms with Crippen molar-refractivity contribution in [3.05, 3.63) is 81.9 Å². The highest BCUT2D eigenvalue weighted by Gasteiger charge is 2.22. The number of nitriles is 2. The van der Waals surface area contributed by atoms with Crippen LogP contribution in [0.4, 0.5) is 0 Å². The largest absolute Gasteiger partial charge is 0.293 e. The Morgan fingerprint density at radius 1 is 1.03 bits per heavy atom. The van der Waals surface area contributed by atoms with Gasteiger partial charge in [-0.2, -0.15) is 10.5 Å². The molecule has 0 fully saturated rings. The molecule has 0 unspecified atom stereocenters. The number of benzene rings is 2. The molecule has 4 nitrogen and oxygen atoms in total. The Kier molecular flexibility index (Phi) is 7.47. The van der Waals surface area contributed by atoms with E-state index in [9.17, 15) is 15.3 Å². The molecule has 0 saturated carbocycles. The maximum atomic E-state index is 12.6. The molecule has 0 aliphatic heterocycles. The molecule has 31 heavy (non-hydrogen) atoms. The van der Waals surface area contributed by atoms with E-state index in [2.05, 4.69) is 17.1 Å². The second kappa shape index (κ2) is 10.3. The van der Waals surface area contributed by atoms with Crippen LogP contribution in [-0.2, 0) is 6.42 Å². The molecule has 154 valence electrons. The summed E-state index contributed by atoms with van der Waals surface area (Å²) in [5.74, 6) is 0.298. The fourth-order valence-corrected chi connectivity index (χ4v) is 4.25. The lowest BCUT2D eigenvalue weighted by Crippen LogP contribution is -2.08. The van der Waals surface area contributed by atoms with Gasteiger partial charge in [0.15, 0.2) is 5.78 Å². The lowest BCUT2D eigenvalue weighted by molar-refractivity contribution is 0.102. The summed E-state index contributed by atoms with van der Waals surface area (Å²) in [6.07, 6.45) is 0.576. The number of thioether (sulfide) groups is 1. The first kappa shape index (κ1) is 22.6. The SMILES string of the molecule is CC(C)Cc1c(C#N)c(SCC(=O)c2ccc(Cl)cc2)nc(-c2ccccc2)c1C#N. The average molecular weight is 446 g/mol. The summed E-state index contributed by atoms with van der Waals surface area (Å²) in [4.78, 5) is 17.3. The summed E-state index contributed by atoms with van der Waals surface area (Å²) < 4.78 is 0. The summed E-state index contributed by atoms with van der Waals surface area (Å²) in [6, 6.07) is 20.7. The van der Waals surface area contributed by atoms with Crippen LogP contribution in [0, 0.1) is 28.6 Å². The molecule has 0 radical (unpaired) electrons. The molecular weight excluding hydrogens is 426 g/mol. The van der Waals surface area contributed by atoms with Crippen LogP contribution in [0.2, 0.25) is 5.02 Å². The third-order valence-electron chi connectivity index (χ3n) is 4.66. The van der Waals surface area contributed by atoms with Gasteiger partial charge in [-0.05, 0) is 42.2 Å². The van der Waals surface area contributed by atoms with Gasteiger partial charge in [-0.15, -0.1) is 0 Å². The number of halogens is 1. The van der Waals surface area contributed by atoms with E-state index in [1.165, 1.54) is 11.8 Å². The average Bonchev–Trinajstić information content (AvgIpc) is 2.77. The van der Waals surface area contributed by atoms with Crippen LogP contribution in [0.3, 0.4) is 0 Å². The molecule has 2 aromatic carbocycles. The molecule has 0 saturated heterocycles. The van der Waals surface area contributed by atoms with Crippen LogP contribution in [0.25, 0.3) is 11.3 Å². The highest BCUT2D eigenvalue weighted by molar-refractivity contribution is 8.00. The van der Waals surface area contributed by atoms with Crippen molar-refractivity contribution in [2.45, 2.75) is 25.3 Å². The summed E-state index contributed by atoms with van der Waals surface area (Å²) in [7, 11) is 0. The first-order valence-electron chi connectivity index (χ1n) is 9.78. The van der Waals surface area contributed by atoms with Crippen molar-refractivity contribution in [3.63, 3.8) is 0 Å². The number of rotatable bonds is 7. The van der Waals surface area contributed by atoms with Crippen molar-refractivity contribution in [2.24, 2.45) is 5.92 Å². The number of carbonyl (C=O) groups is 1. The minimum absolute atomic E-state index is 0.0802. The predicted molar refractivity (Wildman–Crippen MR) is 124 cm³/mol. The Morgan fingerprint density at radius 3 is 2.26 bits per heavy atom. The Bertz CT molecular complexity index is 1180. The van der Waals surface area contributed by atoms with Crippen LogP contribution in [0.15, 0.2) is 59.6 Å². The van der Waals surface area contributed by atoms with E-state index in [4.69, 9.17) is 11.6 Å². The van der Waals surface area contributed by atoms with Gasteiger partial charge < -0.3 is 0 Å². The molecular formula is C25H20ClN3OS. The number of carbonyl (C=O) groups excluding carboxylic acids is 1. The van der Waals surface area contributed by atoms with E-state index in [-0.39, 0.29) is 17.5 Å². The molecule has 3 aromatic rings. The standard InChI is InChI=1S/C25H20ClN3OS/c1-16(2)12-20-21(13-27)24(18-6-4-3-5-7-18)29-25(22(20)14-28)31-15-23(30)17-8-10-19(26)11-9-17/h3-11,16H,12,15H2,1-2H3. The smallest absolute Gasteiger partial charge is 0.173 e. The third kappa shape index (κ3) is 5.33. The number of Topliss-reactive ketones (excluding diaryl/α,β-unsaturated/α-hetero) is 1. The second-order valence-corrected chi connectivity index (χ2v) is 8.80. The fraction of sp³-hybridized carbons (Fsp3) is 0.200. The van der Waals surface area contributed by atoms with Crippen molar-refractivity contribution >= 4 is 29.1 Å². The van der Waals surface area contributed by atoms with Gasteiger partial charge >= 0.3 is 0 Å². The Labute approximate surface area is 191 Å². The van der Waals surface area contributed by atoms with Crippen LogP contribution in [0.1, 0.15) is 40.9 Å². The van der Waals surface area contributed by atoms with Gasteiger partial charge in [-0.3, -0.25) is 4.79 Å². The third-order valence-corrected chi connectivity index (χ3v) is 5.88. The fourth-order valence-electron chi connectivity index (χ4n) is 3.22. The van der Waals surface area contributed by atoms with E-state index >= 15 is 0 Å². The van der Waals surface area contributed by atoms with Crippen molar-refractivity contribution in [1.82, 2.24) is 4.98 Å². The predicted octanol–water partition coefficient (Wildman–Crippen LogP) is 6.32. The highest BCUT2D eigenvalue weighted by Crippen LogP contribution is 2.34. The molecule has 0 bridgehead atoms. The Hall–Kier alpha value is -3.12. The van der Waals surface area contributed by atoms with Crippen LogP contribution in [-0.4, -0.2) is 16.5 Å². The molecule has 3 rings (SSSR count). The van der Waals surface area contributed by atoms with Gasteiger partial charge in [0.2, 0.25) is 0 Å². The molecule has 0 spiro atoms. The minimum Gasteiger partial charge on any atom is -0.293 e. The molecule has 0 aliphatic rings. The van der Waals surface area contributed by atoms with Crippen LogP contribution >= 0.6 is 23.4 Å². The van der Waals surface area contributed by atoms with Gasteiger partial charge in [0.1, 0.15) is 17.2 Å². The number of pyridine rings is 1. The molecule has 1 heterocycles. The topological polar surface area (TPSA) is 77.5 Å². The minimum atomic E-state index is -0.0802. The maximum Gasteiger partial charge on any atom is 0.173 e. The summed E-state index contributed by atoms with van der Waals surface area (Å²) in [6.45, 7) is 4.09. The van der Waals surface area contributed by atoms with Crippen molar-refractivity contribution in [2.75, 3.05) is 5.75 Å². The normalized spacial score (nSPS) is 10.5. The van der Waals surface area contributed by atoms with Crippen molar-refractivity contribution in [3.8, 4) is 23.4 Å². The van der Waals surface area contributed by atoms with Crippen LogP contribution < -0.4 is 0 Å². The number of nitrogens with zero attached hydrogens (tertiary/aromatic N) is 3. The zero-order valence-electron chi connectivity index (χ0n) is 17.2. The molecule has 0 aliphatic carbocycles. The summed E-state index contributed by atoms with van der Waals surface area (Å²) >= 11 is 7.13. The first-order chi connectivity index (χ1) is 14.9. The summed E-state index contributed by atoms with van der Waals surface area (Å²) in [5.41, 5.74) is 3.38. The maximum absolute atomic E-state index is 12.6. The zero-order valence-corrected chi connectivity index (χ0v) is 18.8. The van der Waals surface area contributed by atoms with Crippen molar-refractivity contribution < 1.29 is 4.79 Å². The van der Waals surface area contributed by atoms with Crippen LogP contribution in [0.5, 0.6) is 0 Å². The van der Waals surface area contributed by atoms with E-state index in [0.29, 0.717) is 44.4 Å². The number of hydrogen-bond acceptors (Lipinski definition) is 5. The lowest BCUT2D eigenvalue weighted by Gasteiger charge is -2.16. The Morgan fingerprint density at radius 2 is 1.68 bits per heavy atom. The molecule has 0 N–H and O–H groups in total. The quantitative estimate of drug-likeness (QED) is 0.314.